The van der Waals surface area contributed by atoms with Gasteiger partial charge in [-0.1, -0.05) is 11.6 Å². The Balaban J connectivity index is 1.70. The topological polar surface area (TPSA) is 105 Å². The van der Waals surface area contributed by atoms with Gasteiger partial charge < -0.3 is 10.0 Å². The van der Waals surface area contributed by atoms with Crippen molar-refractivity contribution in [2.45, 2.75) is 37.5 Å². The van der Waals surface area contributed by atoms with E-state index in [4.69, 9.17) is 11.6 Å². The van der Waals surface area contributed by atoms with Crippen molar-refractivity contribution in [2.75, 3.05) is 17.2 Å². The Labute approximate surface area is 168 Å². The first-order chi connectivity index (χ1) is 13.2. The van der Waals surface area contributed by atoms with Crippen LogP contribution in [0.5, 0.6) is 0 Å². The molecule has 1 aliphatic heterocycles. The number of pyridine rings is 1. The van der Waals surface area contributed by atoms with Crippen LogP contribution in [0.3, 0.4) is 0 Å². The summed E-state index contributed by atoms with van der Waals surface area (Å²) in [5, 5.41) is 13.8. The van der Waals surface area contributed by atoms with Gasteiger partial charge in [-0.05, 0) is 38.2 Å². The molecular formula is C18H21ClN4O4S. The van der Waals surface area contributed by atoms with E-state index in [-0.39, 0.29) is 29.8 Å². The van der Waals surface area contributed by atoms with E-state index >= 15 is 0 Å². The molecule has 1 saturated carbocycles. The second kappa shape index (κ2) is 7.04. The predicted octanol–water partition coefficient (Wildman–Crippen LogP) is 2.09. The molecule has 2 aliphatic rings. The first-order valence-corrected chi connectivity index (χ1v) is 11.2. The van der Waals surface area contributed by atoms with Crippen LogP contribution < -0.4 is 4.90 Å². The fourth-order valence-corrected chi connectivity index (χ4v) is 5.99. The molecule has 0 radical (unpaired) electrons. The lowest BCUT2D eigenvalue weighted by Crippen LogP contribution is -2.37. The van der Waals surface area contributed by atoms with Gasteiger partial charge in [0.2, 0.25) is 0 Å². The summed E-state index contributed by atoms with van der Waals surface area (Å²) in [6.07, 6.45) is 3.49. The molecule has 150 valence electrons. The number of aryl methyl sites for hydroxylation is 1. The normalized spacial score (nSPS) is 22.6. The maximum Gasteiger partial charge on any atom is 0.326 e. The first kappa shape index (κ1) is 19.2. The summed E-state index contributed by atoms with van der Waals surface area (Å²) in [6, 6.07) is 4.19. The second-order valence-corrected chi connectivity index (χ2v) is 10.2. The first-order valence-electron chi connectivity index (χ1n) is 9.14. The fraction of sp³-hybridized carbons (Fsp3) is 0.500. The summed E-state index contributed by atoms with van der Waals surface area (Å²) in [4.78, 5) is 17.5. The number of carboxylic acids is 1. The van der Waals surface area contributed by atoms with E-state index in [1.165, 1.54) is 0 Å². The lowest BCUT2D eigenvalue weighted by Gasteiger charge is -2.24. The van der Waals surface area contributed by atoms with Crippen LogP contribution in [0.2, 0.25) is 5.15 Å². The van der Waals surface area contributed by atoms with Crippen LogP contribution in [0.15, 0.2) is 24.4 Å². The molecule has 1 aliphatic carbocycles. The maximum atomic E-state index is 12.8. The minimum Gasteiger partial charge on any atom is -0.480 e. The number of hydrogen-bond donors (Lipinski definition) is 1. The molecule has 0 aromatic carbocycles. The molecule has 0 unspecified atom stereocenters. The van der Waals surface area contributed by atoms with Crippen molar-refractivity contribution in [3.05, 3.63) is 35.2 Å². The molecule has 0 bridgehead atoms. The van der Waals surface area contributed by atoms with E-state index < -0.39 is 27.1 Å². The third-order valence-corrected chi connectivity index (χ3v) is 7.78. The van der Waals surface area contributed by atoms with Gasteiger partial charge in [0.15, 0.2) is 9.84 Å². The van der Waals surface area contributed by atoms with Crippen LogP contribution >= 0.6 is 11.6 Å². The summed E-state index contributed by atoms with van der Waals surface area (Å²) in [5.41, 5.74) is 1.33. The van der Waals surface area contributed by atoms with E-state index in [0.717, 1.165) is 12.8 Å². The van der Waals surface area contributed by atoms with Crippen molar-refractivity contribution in [2.24, 2.45) is 5.92 Å². The highest BCUT2D eigenvalue weighted by atomic mass is 35.5. The molecule has 0 amide bonds. The maximum absolute atomic E-state index is 12.8. The summed E-state index contributed by atoms with van der Waals surface area (Å²) < 4.78 is 27.1. The zero-order valence-electron chi connectivity index (χ0n) is 15.3. The van der Waals surface area contributed by atoms with Gasteiger partial charge >= 0.3 is 5.97 Å². The third kappa shape index (κ3) is 3.73. The molecular weight excluding hydrogens is 404 g/mol. The van der Waals surface area contributed by atoms with Crippen molar-refractivity contribution in [1.82, 2.24) is 14.8 Å². The van der Waals surface area contributed by atoms with Crippen LogP contribution in [0.4, 0.5) is 5.82 Å². The number of sulfone groups is 1. The van der Waals surface area contributed by atoms with E-state index in [0.29, 0.717) is 17.2 Å². The van der Waals surface area contributed by atoms with Gasteiger partial charge in [-0.25, -0.2) is 22.9 Å². The second-order valence-electron chi connectivity index (χ2n) is 7.53. The minimum absolute atomic E-state index is 0.0751. The minimum atomic E-state index is -3.35. The van der Waals surface area contributed by atoms with Gasteiger partial charge in [0.1, 0.15) is 17.0 Å². The number of rotatable bonds is 6. The Morgan fingerprint density at radius 3 is 2.75 bits per heavy atom. The predicted molar refractivity (Wildman–Crippen MR) is 105 cm³/mol. The number of anilines is 1. The average molecular weight is 425 g/mol. The Morgan fingerprint density at radius 1 is 1.36 bits per heavy atom. The van der Waals surface area contributed by atoms with Gasteiger partial charge in [-0.2, -0.15) is 5.10 Å². The Bertz CT molecular complexity index is 1020. The number of nitrogens with zero attached hydrogens (tertiary/aromatic N) is 4. The molecule has 2 aromatic rings. The molecule has 2 aromatic heterocycles. The molecule has 1 saturated heterocycles. The van der Waals surface area contributed by atoms with Crippen molar-refractivity contribution in [3.8, 4) is 5.69 Å². The zero-order chi connectivity index (χ0) is 20.1. The van der Waals surface area contributed by atoms with Crippen molar-refractivity contribution in [1.29, 1.82) is 0 Å². The third-order valence-electron chi connectivity index (χ3n) is 5.28. The van der Waals surface area contributed by atoms with E-state index in [9.17, 15) is 18.3 Å². The van der Waals surface area contributed by atoms with Gasteiger partial charge in [-0.3, -0.25) is 0 Å². The van der Waals surface area contributed by atoms with Crippen molar-refractivity contribution in [3.63, 3.8) is 0 Å². The molecule has 1 N–H and O–H groups in total. The van der Waals surface area contributed by atoms with Crippen LogP contribution in [0.25, 0.3) is 5.69 Å². The molecule has 3 heterocycles. The summed E-state index contributed by atoms with van der Waals surface area (Å²) in [5.74, 6) is -0.122. The SMILES string of the molecule is Cc1cc(N2C[C@H](S(=O)(=O)CC3CC3)C[C@H]2C(=O)O)n(-c2ccnc(Cl)c2)n1. The monoisotopic (exact) mass is 424 g/mol. The highest BCUT2D eigenvalue weighted by Crippen LogP contribution is 2.36. The number of carboxylic acid groups (broad SMARTS) is 1. The molecule has 4 rings (SSSR count). The lowest BCUT2D eigenvalue weighted by atomic mass is 10.2. The smallest absolute Gasteiger partial charge is 0.326 e. The molecule has 2 fully saturated rings. The van der Waals surface area contributed by atoms with Gasteiger partial charge in [-0.15, -0.1) is 0 Å². The van der Waals surface area contributed by atoms with Gasteiger partial charge in [0.05, 0.1) is 22.4 Å². The van der Waals surface area contributed by atoms with E-state index in [1.807, 2.05) is 0 Å². The number of aliphatic carboxylic acids is 1. The fourth-order valence-electron chi connectivity index (χ4n) is 3.70. The Kier molecular flexibility index (Phi) is 4.83. The summed E-state index contributed by atoms with van der Waals surface area (Å²) in [7, 11) is -3.35. The Morgan fingerprint density at radius 2 is 2.11 bits per heavy atom. The highest BCUT2D eigenvalue weighted by molar-refractivity contribution is 7.92. The molecule has 10 heteroatoms. The van der Waals surface area contributed by atoms with Crippen LogP contribution in [0, 0.1) is 12.8 Å². The van der Waals surface area contributed by atoms with E-state index in [2.05, 4.69) is 10.1 Å². The summed E-state index contributed by atoms with van der Waals surface area (Å²) >= 11 is 5.99. The molecule has 0 spiro atoms. The van der Waals surface area contributed by atoms with Crippen molar-refractivity contribution >= 4 is 33.2 Å². The lowest BCUT2D eigenvalue weighted by molar-refractivity contribution is -0.138. The van der Waals surface area contributed by atoms with E-state index in [1.54, 1.807) is 40.9 Å². The van der Waals surface area contributed by atoms with Crippen molar-refractivity contribution < 1.29 is 18.3 Å². The average Bonchev–Trinajstić information content (AvgIpc) is 3.16. The zero-order valence-corrected chi connectivity index (χ0v) is 16.9. The molecule has 8 nitrogen and oxygen atoms in total. The standard InChI is InChI=1S/C18H21ClN4O4S/c1-11-6-17(23(21-11)13-4-5-20-16(19)7-13)22-9-14(8-15(22)18(24)25)28(26,27)10-12-2-3-12/h4-7,12,14-15H,2-3,8-10H2,1H3,(H,24,25)/t14-,15+/m1/s1. The number of hydrogen-bond acceptors (Lipinski definition) is 6. The quantitative estimate of drug-likeness (QED) is 0.707. The Hall–Kier alpha value is -2.13. The van der Waals surface area contributed by atoms with Crippen LogP contribution in [0.1, 0.15) is 25.0 Å². The van der Waals surface area contributed by atoms with Crippen LogP contribution in [-0.4, -0.2) is 57.8 Å². The largest absolute Gasteiger partial charge is 0.480 e. The molecule has 2 atom stereocenters. The number of aromatic nitrogens is 3. The highest BCUT2D eigenvalue weighted by Gasteiger charge is 2.45. The number of halogens is 1. The van der Waals surface area contributed by atoms with Gasteiger partial charge in [0.25, 0.3) is 0 Å². The van der Waals surface area contributed by atoms with Crippen LogP contribution in [-0.2, 0) is 14.6 Å². The number of carbonyl (C=O) groups is 1. The molecule has 28 heavy (non-hydrogen) atoms. The summed E-state index contributed by atoms with van der Waals surface area (Å²) in [6.45, 7) is 1.94. The van der Waals surface area contributed by atoms with Gasteiger partial charge in [0, 0.05) is 24.9 Å².